The van der Waals surface area contributed by atoms with Crippen LogP contribution in [0.4, 0.5) is 5.82 Å². The lowest BCUT2D eigenvalue weighted by Gasteiger charge is -2.01. The highest BCUT2D eigenvalue weighted by Gasteiger charge is 2.10. The van der Waals surface area contributed by atoms with Gasteiger partial charge in [-0.2, -0.15) is 4.98 Å². The van der Waals surface area contributed by atoms with Gasteiger partial charge < -0.3 is 10.8 Å². The van der Waals surface area contributed by atoms with Gasteiger partial charge in [0.1, 0.15) is 11.6 Å². The number of nitrogen functional groups attached to an aromatic ring is 1. The molecule has 132 valence electrons. The van der Waals surface area contributed by atoms with Crippen molar-refractivity contribution in [3.63, 3.8) is 0 Å². The summed E-state index contributed by atoms with van der Waals surface area (Å²) < 4.78 is 1.82. The second-order valence-electron chi connectivity index (χ2n) is 5.90. The van der Waals surface area contributed by atoms with Crippen LogP contribution < -0.4 is 5.73 Å². The molecule has 0 spiro atoms. The number of allylic oxidation sites excluding steroid dienone is 5. The molecule has 2 aromatic heterocycles. The fourth-order valence-corrected chi connectivity index (χ4v) is 2.72. The van der Waals surface area contributed by atoms with E-state index in [1.54, 1.807) is 12.1 Å². The number of aromatic nitrogens is 3. The lowest BCUT2D eigenvalue weighted by atomic mass is 10.1. The number of anilines is 1. The number of hydrogen-bond donors (Lipinski definition) is 2. The van der Waals surface area contributed by atoms with Crippen LogP contribution in [0.2, 0.25) is 0 Å². The van der Waals surface area contributed by atoms with Crippen LogP contribution in [-0.4, -0.2) is 19.5 Å². The molecule has 0 radical (unpaired) electrons. The number of nitrogens with two attached hydrogens (primary N) is 1. The lowest BCUT2D eigenvalue weighted by Crippen LogP contribution is -1.98. The van der Waals surface area contributed by atoms with Crippen LogP contribution in [0.25, 0.3) is 23.1 Å². The Kier molecular flexibility index (Phi) is 5.17. The highest BCUT2D eigenvalue weighted by Crippen LogP contribution is 2.28. The molecule has 0 aliphatic rings. The predicted molar refractivity (Wildman–Crippen MR) is 107 cm³/mol. The first-order valence-electron chi connectivity index (χ1n) is 8.50. The van der Waals surface area contributed by atoms with Crippen molar-refractivity contribution in [2.24, 2.45) is 0 Å². The highest BCUT2D eigenvalue weighted by atomic mass is 16.3. The third-order valence-corrected chi connectivity index (χ3v) is 4.09. The fourth-order valence-electron chi connectivity index (χ4n) is 2.72. The van der Waals surface area contributed by atoms with E-state index in [1.807, 2.05) is 54.9 Å². The van der Waals surface area contributed by atoms with E-state index < -0.39 is 0 Å². The number of fused-ring (bicyclic) bond motifs is 1. The molecule has 0 unspecified atom stereocenters. The SMILES string of the molecule is C/C=C\C(=C/C)C/C=C/c1cn2cc(-c3ccccc3O)nc2nc1N. The van der Waals surface area contributed by atoms with Crippen LogP contribution in [0, 0.1) is 0 Å². The smallest absolute Gasteiger partial charge is 0.236 e. The molecular weight excluding hydrogens is 324 g/mol. The first-order chi connectivity index (χ1) is 12.6. The van der Waals surface area contributed by atoms with Gasteiger partial charge in [-0.05, 0) is 38.0 Å². The number of phenols is 1. The largest absolute Gasteiger partial charge is 0.507 e. The van der Waals surface area contributed by atoms with E-state index in [0.29, 0.717) is 22.9 Å². The Hall–Kier alpha value is -3.34. The molecule has 3 aromatic rings. The Bertz CT molecular complexity index is 1010. The summed E-state index contributed by atoms with van der Waals surface area (Å²) in [6, 6.07) is 7.10. The summed E-state index contributed by atoms with van der Waals surface area (Å²) in [5, 5.41) is 10.0. The average molecular weight is 346 g/mol. The van der Waals surface area contributed by atoms with Crippen LogP contribution >= 0.6 is 0 Å². The van der Waals surface area contributed by atoms with E-state index in [1.165, 1.54) is 5.57 Å². The third kappa shape index (κ3) is 3.67. The summed E-state index contributed by atoms with van der Waals surface area (Å²) in [6.45, 7) is 4.03. The minimum Gasteiger partial charge on any atom is -0.507 e. The summed E-state index contributed by atoms with van der Waals surface area (Å²) in [6.07, 6.45) is 14.8. The molecule has 0 aliphatic heterocycles. The van der Waals surface area contributed by atoms with Gasteiger partial charge >= 0.3 is 0 Å². The monoisotopic (exact) mass is 346 g/mol. The van der Waals surface area contributed by atoms with Crippen LogP contribution in [0.15, 0.2) is 66.5 Å². The van der Waals surface area contributed by atoms with Gasteiger partial charge in [0.2, 0.25) is 5.78 Å². The predicted octanol–water partition coefficient (Wildman–Crippen LogP) is 4.61. The Morgan fingerprint density at radius 3 is 2.73 bits per heavy atom. The van der Waals surface area contributed by atoms with E-state index >= 15 is 0 Å². The van der Waals surface area contributed by atoms with E-state index in [4.69, 9.17) is 5.73 Å². The van der Waals surface area contributed by atoms with Crippen molar-refractivity contribution in [2.45, 2.75) is 20.3 Å². The maximum Gasteiger partial charge on any atom is 0.236 e. The molecule has 0 fully saturated rings. The van der Waals surface area contributed by atoms with E-state index in [0.717, 1.165) is 12.0 Å². The Balaban J connectivity index is 1.92. The van der Waals surface area contributed by atoms with Crippen LogP contribution in [0.3, 0.4) is 0 Å². The zero-order valence-electron chi connectivity index (χ0n) is 14.9. The molecule has 1 aromatic carbocycles. The number of benzene rings is 1. The fraction of sp³-hybridized carbons (Fsp3) is 0.143. The molecule has 2 heterocycles. The van der Waals surface area contributed by atoms with Crippen molar-refractivity contribution in [3.05, 3.63) is 72.1 Å². The number of imidazole rings is 1. The van der Waals surface area contributed by atoms with Crippen molar-refractivity contribution in [1.29, 1.82) is 0 Å². The molecule has 3 N–H and O–H groups in total. The number of nitrogens with zero attached hydrogens (tertiary/aromatic N) is 3. The van der Waals surface area contributed by atoms with Gasteiger partial charge in [-0.1, -0.05) is 42.5 Å². The molecule has 3 rings (SSSR count). The standard InChI is InChI=1S/C21H22N4O/c1-3-8-15(4-2)9-7-10-16-13-25-14-18(23-21(25)24-20(16)22)17-11-5-6-12-19(17)26/h3-8,10-14,26H,9H2,1-2H3,(H2,22,23,24)/b8-3-,10-7+,15-4+. The second kappa shape index (κ2) is 7.70. The van der Waals surface area contributed by atoms with Crippen molar-refractivity contribution in [1.82, 2.24) is 14.4 Å². The summed E-state index contributed by atoms with van der Waals surface area (Å²) in [4.78, 5) is 8.84. The molecule has 5 nitrogen and oxygen atoms in total. The second-order valence-corrected chi connectivity index (χ2v) is 5.90. The van der Waals surface area contributed by atoms with Gasteiger partial charge in [0.15, 0.2) is 0 Å². The summed E-state index contributed by atoms with van der Waals surface area (Å²) in [7, 11) is 0. The molecule has 26 heavy (non-hydrogen) atoms. The minimum absolute atomic E-state index is 0.187. The van der Waals surface area contributed by atoms with Crippen LogP contribution in [0.1, 0.15) is 25.8 Å². The first kappa shape index (κ1) is 17.5. The summed E-state index contributed by atoms with van der Waals surface area (Å²) >= 11 is 0. The number of aromatic hydroxyl groups is 1. The number of para-hydroxylation sites is 1. The number of hydrogen-bond acceptors (Lipinski definition) is 4. The number of rotatable bonds is 5. The molecule has 0 amide bonds. The van der Waals surface area contributed by atoms with Crippen molar-refractivity contribution < 1.29 is 5.11 Å². The molecule has 0 atom stereocenters. The topological polar surface area (TPSA) is 76.4 Å². The quantitative estimate of drug-likeness (QED) is 0.661. The van der Waals surface area contributed by atoms with Gasteiger partial charge in [0, 0.05) is 23.5 Å². The van der Waals surface area contributed by atoms with Crippen molar-refractivity contribution in [2.75, 3.05) is 5.73 Å². The average Bonchev–Trinajstić information content (AvgIpc) is 3.03. The third-order valence-electron chi connectivity index (χ3n) is 4.09. The first-order valence-corrected chi connectivity index (χ1v) is 8.50. The van der Waals surface area contributed by atoms with Gasteiger partial charge in [0.05, 0.1) is 5.69 Å². The highest BCUT2D eigenvalue weighted by molar-refractivity contribution is 5.69. The van der Waals surface area contributed by atoms with Crippen LogP contribution in [-0.2, 0) is 0 Å². The van der Waals surface area contributed by atoms with Crippen molar-refractivity contribution >= 4 is 17.7 Å². The van der Waals surface area contributed by atoms with Gasteiger partial charge in [-0.15, -0.1) is 0 Å². The van der Waals surface area contributed by atoms with Crippen LogP contribution in [0.5, 0.6) is 5.75 Å². The summed E-state index contributed by atoms with van der Waals surface area (Å²) in [5.41, 5.74) is 9.46. The maximum absolute atomic E-state index is 10.0. The number of phenolic OH excluding ortho intramolecular Hbond substituents is 1. The molecule has 0 saturated heterocycles. The van der Waals surface area contributed by atoms with E-state index in [9.17, 15) is 5.11 Å². The minimum atomic E-state index is 0.187. The summed E-state index contributed by atoms with van der Waals surface area (Å²) in [5.74, 6) is 1.11. The molecule has 5 heteroatoms. The zero-order valence-corrected chi connectivity index (χ0v) is 14.9. The Morgan fingerprint density at radius 1 is 1.19 bits per heavy atom. The lowest BCUT2D eigenvalue weighted by molar-refractivity contribution is 0.477. The van der Waals surface area contributed by atoms with Gasteiger partial charge in [-0.3, -0.25) is 4.40 Å². The maximum atomic E-state index is 10.0. The molecule has 0 aliphatic carbocycles. The van der Waals surface area contributed by atoms with Gasteiger partial charge in [0.25, 0.3) is 0 Å². The van der Waals surface area contributed by atoms with Crippen molar-refractivity contribution in [3.8, 4) is 17.0 Å². The van der Waals surface area contributed by atoms with E-state index in [-0.39, 0.29) is 5.75 Å². The molecular formula is C21H22N4O. The van der Waals surface area contributed by atoms with Gasteiger partial charge in [-0.25, -0.2) is 4.98 Å². The van der Waals surface area contributed by atoms with E-state index in [2.05, 4.69) is 28.2 Å². The Morgan fingerprint density at radius 2 is 2.00 bits per heavy atom. The molecule has 0 saturated carbocycles. The molecule has 0 bridgehead atoms. The zero-order chi connectivity index (χ0) is 18.5. The Labute approximate surface area is 152 Å². The normalized spacial score (nSPS) is 12.6.